The quantitative estimate of drug-likeness (QED) is 0.449. The fraction of sp³-hybridized carbons (Fsp3) is 0. The molecule has 6 heteroatoms. The molecule has 0 aliphatic rings. The van der Waals surface area contributed by atoms with E-state index in [1.54, 1.807) is 4.68 Å². The van der Waals surface area contributed by atoms with E-state index in [0.29, 0.717) is 16.5 Å². The molecule has 0 unspecified atom stereocenters. The van der Waals surface area contributed by atoms with Gasteiger partial charge in [-0.2, -0.15) is 4.68 Å². The Kier molecular flexibility index (Phi) is 3.55. The molecule has 0 aliphatic carbocycles. The Morgan fingerprint density at radius 2 is 1.37 bits per heavy atom. The van der Waals surface area contributed by atoms with Crippen LogP contribution in [0.15, 0.2) is 72.8 Å². The second-order valence-electron chi connectivity index (χ2n) is 6.21. The second-order valence-corrected chi connectivity index (χ2v) is 6.62. The third-order valence-corrected chi connectivity index (χ3v) is 4.93. The van der Waals surface area contributed by atoms with Crippen molar-refractivity contribution in [2.75, 3.05) is 5.73 Å². The molecule has 5 aromatic rings. The van der Waals surface area contributed by atoms with Gasteiger partial charge in [0.15, 0.2) is 5.82 Å². The molecule has 5 rings (SSSR count). The molecule has 130 valence electrons. The van der Waals surface area contributed by atoms with E-state index in [-0.39, 0.29) is 0 Å². The molecule has 5 nitrogen and oxygen atoms in total. The van der Waals surface area contributed by atoms with Crippen LogP contribution in [0.2, 0.25) is 5.02 Å². The lowest BCUT2D eigenvalue weighted by atomic mass is 10.1. The number of nitrogen functional groups attached to an aromatic ring is 1. The minimum Gasteiger partial charge on any atom is -0.382 e. The van der Waals surface area contributed by atoms with Crippen LogP contribution in [-0.2, 0) is 0 Å². The number of hydrogen-bond donors (Lipinski definition) is 1. The summed E-state index contributed by atoms with van der Waals surface area (Å²) in [4.78, 5) is 4.75. The van der Waals surface area contributed by atoms with E-state index < -0.39 is 0 Å². The SMILES string of the molecule is Nc1c(-c2ccccc2Cl)nnn1-c1c2ccccc2nc2ccccc12. The Bertz CT molecular complexity index is 1250. The summed E-state index contributed by atoms with van der Waals surface area (Å²) in [5.41, 5.74) is 10.4. The molecule has 0 amide bonds. The molecule has 3 aromatic carbocycles. The van der Waals surface area contributed by atoms with E-state index in [1.165, 1.54) is 0 Å². The highest BCUT2D eigenvalue weighted by molar-refractivity contribution is 6.33. The predicted molar refractivity (Wildman–Crippen MR) is 109 cm³/mol. The summed E-state index contributed by atoms with van der Waals surface area (Å²) in [6.07, 6.45) is 0. The highest BCUT2D eigenvalue weighted by Gasteiger charge is 2.19. The molecular formula is C21H14ClN5. The minimum absolute atomic E-state index is 0.435. The lowest BCUT2D eigenvalue weighted by molar-refractivity contribution is 0.819. The van der Waals surface area contributed by atoms with Crippen molar-refractivity contribution < 1.29 is 0 Å². The van der Waals surface area contributed by atoms with E-state index in [4.69, 9.17) is 22.3 Å². The molecule has 2 N–H and O–H groups in total. The van der Waals surface area contributed by atoms with Gasteiger partial charge < -0.3 is 5.73 Å². The van der Waals surface area contributed by atoms with Crippen molar-refractivity contribution in [2.24, 2.45) is 0 Å². The zero-order valence-electron chi connectivity index (χ0n) is 14.2. The van der Waals surface area contributed by atoms with Crippen LogP contribution >= 0.6 is 11.6 Å². The monoisotopic (exact) mass is 371 g/mol. The van der Waals surface area contributed by atoms with E-state index >= 15 is 0 Å². The van der Waals surface area contributed by atoms with Gasteiger partial charge in [0.2, 0.25) is 0 Å². The van der Waals surface area contributed by atoms with Gasteiger partial charge in [0.25, 0.3) is 0 Å². The molecule has 27 heavy (non-hydrogen) atoms. The maximum absolute atomic E-state index is 6.48. The first-order valence-electron chi connectivity index (χ1n) is 8.48. The fourth-order valence-electron chi connectivity index (χ4n) is 3.35. The first-order valence-corrected chi connectivity index (χ1v) is 8.86. The van der Waals surface area contributed by atoms with Gasteiger partial charge in [0.1, 0.15) is 5.69 Å². The van der Waals surface area contributed by atoms with Crippen LogP contribution in [0.3, 0.4) is 0 Å². The number of halogens is 1. The number of nitrogens with two attached hydrogens (primary N) is 1. The summed E-state index contributed by atoms with van der Waals surface area (Å²) in [5.74, 6) is 0.435. The van der Waals surface area contributed by atoms with Gasteiger partial charge in [-0.05, 0) is 18.2 Å². The van der Waals surface area contributed by atoms with Crippen molar-refractivity contribution in [1.29, 1.82) is 0 Å². The normalized spacial score (nSPS) is 11.3. The first kappa shape index (κ1) is 15.8. The topological polar surface area (TPSA) is 69.6 Å². The van der Waals surface area contributed by atoms with Gasteiger partial charge >= 0.3 is 0 Å². The first-order chi connectivity index (χ1) is 13.2. The van der Waals surface area contributed by atoms with Gasteiger partial charge in [-0.1, -0.05) is 71.4 Å². The van der Waals surface area contributed by atoms with Crippen LogP contribution in [-0.4, -0.2) is 20.0 Å². The molecule has 2 heterocycles. The number of fused-ring (bicyclic) bond motifs is 2. The van der Waals surface area contributed by atoms with Crippen molar-refractivity contribution >= 4 is 39.2 Å². The zero-order chi connectivity index (χ0) is 18.4. The second kappa shape index (κ2) is 6.07. The average molecular weight is 372 g/mol. The standard InChI is InChI=1S/C21H14ClN5/c22-16-10-4-1-7-13(16)19-21(23)27(26-25-19)20-14-8-2-5-11-17(14)24-18-12-6-3-9-15(18)20/h1-12H,23H2. The van der Waals surface area contributed by atoms with E-state index in [1.807, 2.05) is 72.8 Å². The van der Waals surface area contributed by atoms with Crippen molar-refractivity contribution in [3.05, 3.63) is 77.8 Å². The smallest absolute Gasteiger partial charge is 0.156 e. The van der Waals surface area contributed by atoms with E-state index in [9.17, 15) is 0 Å². The summed E-state index contributed by atoms with van der Waals surface area (Å²) in [6.45, 7) is 0. The number of nitrogens with zero attached hydrogens (tertiary/aromatic N) is 4. The largest absolute Gasteiger partial charge is 0.382 e. The summed E-state index contributed by atoms with van der Waals surface area (Å²) in [5, 5.41) is 11.2. The third-order valence-electron chi connectivity index (χ3n) is 4.60. The summed E-state index contributed by atoms with van der Waals surface area (Å²) in [6, 6.07) is 23.3. The highest BCUT2D eigenvalue weighted by atomic mass is 35.5. The zero-order valence-corrected chi connectivity index (χ0v) is 14.9. The molecular weight excluding hydrogens is 358 g/mol. The number of benzene rings is 3. The van der Waals surface area contributed by atoms with E-state index in [0.717, 1.165) is 33.1 Å². The number of anilines is 1. The van der Waals surface area contributed by atoms with Crippen LogP contribution in [0, 0.1) is 0 Å². The van der Waals surface area contributed by atoms with Crippen molar-refractivity contribution in [3.63, 3.8) is 0 Å². The molecule has 0 saturated carbocycles. The number of para-hydroxylation sites is 2. The van der Waals surface area contributed by atoms with Crippen LogP contribution in [0.1, 0.15) is 0 Å². The van der Waals surface area contributed by atoms with Gasteiger partial charge in [0, 0.05) is 16.3 Å². The Morgan fingerprint density at radius 3 is 2.04 bits per heavy atom. The van der Waals surface area contributed by atoms with Crippen LogP contribution in [0.5, 0.6) is 0 Å². The number of aromatic nitrogens is 4. The Hall–Kier alpha value is -3.44. The number of rotatable bonds is 2. The Morgan fingerprint density at radius 1 is 0.778 bits per heavy atom. The molecule has 0 spiro atoms. The van der Waals surface area contributed by atoms with Crippen LogP contribution in [0.4, 0.5) is 5.82 Å². The maximum atomic E-state index is 6.48. The van der Waals surface area contributed by atoms with Crippen LogP contribution < -0.4 is 5.73 Å². The Balaban J connectivity index is 1.85. The highest BCUT2D eigenvalue weighted by Crippen LogP contribution is 2.34. The number of hydrogen-bond acceptors (Lipinski definition) is 4. The van der Waals surface area contributed by atoms with Crippen molar-refractivity contribution in [3.8, 4) is 16.9 Å². The third kappa shape index (κ3) is 2.44. The van der Waals surface area contributed by atoms with Crippen molar-refractivity contribution in [1.82, 2.24) is 20.0 Å². The number of pyridine rings is 1. The molecule has 2 aromatic heterocycles. The molecule has 0 radical (unpaired) electrons. The summed E-state index contributed by atoms with van der Waals surface area (Å²) in [7, 11) is 0. The van der Waals surface area contributed by atoms with Crippen LogP contribution in [0.25, 0.3) is 38.8 Å². The van der Waals surface area contributed by atoms with Gasteiger partial charge in [-0.25, -0.2) is 4.98 Å². The van der Waals surface area contributed by atoms with Crippen molar-refractivity contribution in [2.45, 2.75) is 0 Å². The van der Waals surface area contributed by atoms with Gasteiger partial charge in [0.05, 0.1) is 21.7 Å². The maximum Gasteiger partial charge on any atom is 0.156 e. The van der Waals surface area contributed by atoms with Gasteiger partial charge in [-0.3, -0.25) is 0 Å². The summed E-state index contributed by atoms with van der Waals surface area (Å²) >= 11 is 6.33. The summed E-state index contributed by atoms with van der Waals surface area (Å²) < 4.78 is 1.67. The molecule has 0 aliphatic heterocycles. The molecule has 0 fully saturated rings. The van der Waals surface area contributed by atoms with E-state index in [2.05, 4.69) is 10.3 Å². The minimum atomic E-state index is 0.435. The van der Waals surface area contributed by atoms with Gasteiger partial charge in [-0.15, -0.1) is 5.10 Å². The molecule has 0 atom stereocenters. The fourth-order valence-corrected chi connectivity index (χ4v) is 3.57. The predicted octanol–water partition coefficient (Wildman–Crippen LogP) is 4.87. The lowest BCUT2D eigenvalue weighted by Crippen LogP contribution is -2.05. The molecule has 0 saturated heterocycles. The average Bonchev–Trinajstić information content (AvgIpc) is 3.07. The Labute approximate surface area is 160 Å². The lowest BCUT2D eigenvalue weighted by Gasteiger charge is -2.11. The molecule has 0 bridgehead atoms.